The number of benzene rings is 1. The van der Waals surface area contributed by atoms with E-state index in [2.05, 4.69) is 75.0 Å². The third-order valence-electron chi connectivity index (χ3n) is 7.30. The highest BCUT2D eigenvalue weighted by Crippen LogP contribution is 2.48. The molecule has 1 aliphatic rings. The highest BCUT2D eigenvalue weighted by Gasteiger charge is 2.54. The lowest BCUT2D eigenvalue weighted by molar-refractivity contribution is 0.0593. The first-order chi connectivity index (χ1) is 18.9. The van der Waals surface area contributed by atoms with Crippen molar-refractivity contribution >= 4 is 39.2 Å². The summed E-state index contributed by atoms with van der Waals surface area (Å²) in [6.45, 7) is 8.71. The average molecular weight is 659 g/mol. The highest BCUT2D eigenvalue weighted by atomic mass is 127. The Labute approximate surface area is 244 Å². The first kappa shape index (κ1) is 28.3. The van der Waals surface area contributed by atoms with Crippen LogP contribution in [0.4, 0.5) is 18.9 Å². The number of anilines is 1. The van der Waals surface area contributed by atoms with Gasteiger partial charge in [0.25, 0.3) is 6.43 Å². The van der Waals surface area contributed by atoms with Gasteiger partial charge >= 0.3 is 0 Å². The topological polar surface area (TPSA) is 92.3 Å². The van der Waals surface area contributed by atoms with Crippen LogP contribution < -0.4 is 5.32 Å². The SMILES string of the molecule is Cc1nc(F)ccc1[C@H](Cc1cc(I)c2ncc(C#N)c(NCC(C)(C)C)c2c1)c1cn(C2(C(F)F)CC2)nn1. The predicted molar refractivity (Wildman–Crippen MR) is 155 cm³/mol. The van der Waals surface area contributed by atoms with Crippen molar-refractivity contribution in [2.45, 2.75) is 64.8 Å². The molecule has 0 unspecified atom stereocenters. The van der Waals surface area contributed by atoms with E-state index < -0.39 is 23.8 Å². The smallest absolute Gasteiger partial charge is 0.263 e. The van der Waals surface area contributed by atoms with E-state index in [0.29, 0.717) is 42.8 Å². The van der Waals surface area contributed by atoms with Crippen molar-refractivity contribution in [1.29, 1.82) is 5.26 Å². The second-order valence-electron chi connectivity index (χ2n) is 11.6. The van der Waals surface area contributed by atoms with Crippen LogP contribution in [0.5, 0.6) is 0 Å². The number of aromatic nitrogens is 5. The molecule has 1 fully saturated rings. The summed E-state index contributed by atoms with van der Waals surface area (Å²) in [5, 5.41) is 22.5. The van der Waals surface area contributed by atoms with Crippen LogP contribution in [0.3, 0.4) is 0 Å². The second kappa shape index (κ2) is 10.6. The summed E-state index contributed by atoms with van der Waals surface area (Å²) < 4.78 is 43.7. The molecule has 208 valence electrons. The Morgan fingerprint density at radius 3 is 2.60 bits per heavy atom. The minimum absolute atomic E-state index is 0.0196. The number of nitrogens with zero attached hydrogens (tertiary/aromatic N) is 6. The predicted octanol–water partition coefficient (Wildman–Crippen LogP) is 6.73. The van der Waals surface area contributed by atoms with Crippen LogP contribution in [0.1, 0.15) is 67.6 Å². The molecular formula is C29H29F3IN7. The van der Waals surface area contributed by atoms with E-state index >= 15 is 0 Å². The maximum Gasteiger partial charge on any atom is 0.263 e. The summed E-state index contributed by atoms with van der Waals surface area (Å²) in [6.07, 6.45) is 1.74. The zero-order valence-corrected chi connectivity index (χ0v) is 24.8. The molecule has 0 aliphatic heterocycles. The quantitative estimate of drug-likeness (QED) is 0.167. The van der Waals surface area contributed by atoms with Crippen molar-refractivity contribution in [3.8, 4) is 6.07 Å². The molecule has 1 aliphatic carbocycles. The fourth-order valence-corrected chi connectivity index (χ4v) is 5.74. The second-order valence-corrected chi connectivity index (χ2v) is 12.8. The molecule has 0 bridgehead atoms. The summed E-state index contributed by atoms with van der Waals surface area (Å²) in [5.74, 6) is -1.01. The maximum absolute atomic E-state index is 13.9. The van der Waals surface area contributed by atoms with E-state index in [9.17, 15) is 18.4 Å². The van der Waals surface area contributed by atoms with Gasteiger partial charge in [-0.05, 0) is 83.5 Å². The number of alkyl halides is 2. The van der Waals surface area contributed by atoms with Crippen LogP contribution in [0.25, 0.3) is 10.9 Å². The Morgan fingerprint density at radius 1 is 1.23 bits per heavy atom. The van der Waals surface area contributed by atoms with Gasteiger partial charge in [-0.3, -0.25) is 4.98 Å². The fourth-order valence-electron chi connectivity index (χ4n) is 4.91. The number of aryl methyl sites for hydroxylation is 1. The number of hydrogen-bond acceptors (Lipinski definition) is 6. The van der Waals surface area contributed by atoms with Gasteiger partial charge in [0.05, 0.1) is 22.5 Å². The Hall–Kier alpha value is -3.27. The molecule has 11 heteroatoms. The molecule has 0 radical (unpaired) electrons. The van der Waals surface area contributed by atoms with Gasteiger partial charge in [-0.25, -0.2) is 18.4 Å². The van der Waals surface area contributed by atoms with Gasteiger partial charge in [-0.2, -0.15) is 9.65 Å². The van der Waals surface area contributed by atoms with E-state index in [0.717, 1.165) is 31.3 Å². The number of fused-ring (bicyclic) bond motifs is 1. The first-order valence-corrected chi connectivity index (χ1v) is 14.1. The van der Waals surface area contributed by atoms with Gasteiger partial charge in [-0.1, -0.05) is 32.1 Å². The molecule has 7 nitrogen and oxygen atoms in total. The van der Waals surface area contributed by atoms with Crippen LogP contribution in [0, 0.1) is 33.2 Å². The number of nitriles is 1. The van der Waals surface area contributed by atoms with Gasteiger partial charge < -0.3 is 5.32 Å². The molecule has 0 spiro atoms. The van der Waals surface area contributed by atoms with E-state index in [1.165, 1.54) is 10.7 Å². The van der Waals surface area contributed by atoms with Gasteiger partial charge in [0.2, 0.25) is 5.95 Å². The van der Waals surface area contributed by atoms with E-state index in [-0.39, 0.29) is 5.41 Å². The third kappa shape index (κ3) is 5.50. The van der Waals surface area contributed by atoms with E-state index in [4.69, 9.17) is 0 Å². The lowest BCUT2D eigenvalue weighted by Gasteiger charge is -2.22. The zero-order chi connectivity index (χ0) is 28.8. The summed E-state index contributed by atoms with van der Waals surface area (Å²) in [4.78, 5) is 8.56. The Kier molecular flexibility index (Phi) is 7.50. The number of hydrogen-bond donors (Lipinski definition) is 1. The van der Waals surface area contributed by atoms with Crippen molar-refractivity contribution in [1.82, 2.24) is 25.0 Å². The van der Waals surface area contributed by atoms with Crippen molar-refractivity contribution in [2.75, 3.05) is 11.9 Å². The van der Waals surface area contributed by atoms with Crippen LogP contribution in [0.15, 0.2) is 36.7 Å². The highest BCUT2D eigenvalue weighted by molar-refractivity contribution is 14.1. The zero-order valence-electron chi connectivity index (χ0n) is 22.6. The molecule has 0 amide bonds. The molecule has 40 heavy (non-hydrogen) atoms. The van der Waals surface area contributed by atoms with Crippen molar-refractivity contribution in [3.05, 3.63) is 74.3 Å². The monoisotopic (exact) mass is 659 g/mol. The lowest BCUT2D eigenvalue weighted by Crippen LogP contribution is -2.26. The fraction of sp³-hybridized carbons (Fsp3) is 0.414. The van der Waals surface area contributed by atoms with Gasteiger partial charge in [0.15, 0.2) is 0 Å². The van der Waals surface area contributed by atoms with Crippen LogP contribution in [-0.2, 0) is 12.0 Å². The number of rotatable bonds is 8. The molecule has 3 heterocycles. The summed E-state index contributed by atoms with van der Waals surface area (Å²) in [5.41, 5.74) is 3.27. The molecule has 1 N–H and O–H groups in total. The van der Waals surface area contributed by atoms with Gasteiger partial charge in [0.1, 0.15) is 11.6 Å². The third-order valence-corrected chi connectivity index (χ3v) is 8.12. The average Bonchev–Trinajstić information content (AvgIpc) is 3.56. The molecule has 3 aromatic heterocycles. The normalized spacial score (nSPS) is 15.3. The van der Waals surface area contributed by atoms with Crippen LogP contribution in [-0.4, -0.2) is 37.9 Å². The summed E-state index contributed by atoms with van der Waals surface area (Å²) in [6, 6.07) is 9.22. The molecule has 1 atom stereocenters. The Balaban J connectivity index is 1.60. The minimum Gasteiger partial charge on any atom is -0.383 e. The molecule has 1 saturated carbocycles. The largest absolute Gasteiger partial charge is 0.383 e. The molecule has 0 saturated heterocycles. The first-order valence-electron chi connectivity index (χ1n) is 13.0. The molecule has 5 rings (SSSR count). The van der Waals surface area contributed by atoms with Gasteiger partial charge in [-0.15, -0.1) is 5.10 Å². The molecule has 4 aromatic rings. The van der Waals surface area contributed by atoms with Gasteiger partial charge in [0, 0.05) is 39.5 Å². The summed E-state index contributed by atoms with van der Waals surface area (Å²) >= 11 is 2.24. The van der Waals surface area contributed by atoms with Crippen molar-refractivity contribution < 1.29 is 13.2 Å². The van der Waals surface area contributed by atoms with Crippen LogP contribution in [0.2, 0.25) is 0 Å². The Morgan fingerprint density at radius 2 is 1.98 bits per heavy atom. The Bertz CT molecular complexity index is 1620. The lowest BCUT2D eigenvalue weighted by atomic mass is 9.88. The maximum atomic E-state index is 13.9. The molecular weight excluding hydrogens is 630 g/mol. The van der Waals surface area contributed by atoms with E-state index in [1.54, 1.807) is 25.4 Å². The standard InChI is InChI=1S/C29H29F3IN7/c1-16-19(5-6-24(30)37-16)20(23-14-40(39-38-23)29(7-8-29)27(31)32)9-17-10-21-25(36-15-28(2,3)4)18(12-34)13-35-26(21)22(33)11-17/h5-6,10-11,13-14,20,27H,7-9,15H2,1-4H3,(H,35,36)/t20-/m0/s1. The summed E-state index contributed by atoms with van der Waals surface area (Å²) in [7, 11) is 0. The number of halogens is 4. The van der Waals surface area contributed by atoms with Crippen molar-refractivity contribution in [2.24, 2.45) is 5.41 Å². The number of nitrogens with one attached hydrogen (secondary N) is 1. The number of pyridine rings is 2. The molecule has 1 aromatic carbocycles. The van der Waals surface area contributed by atoms with E-state index in [1.807, 2.05) is 12.1 Å². The minimum atomic E-state index is -2.54. The van der Waals surface area contributed by atoms with Crippen molar-refractivity contribution in [3.63, 3.8) is 0 Å². The van der Waals surface area contributed by atoms with Crippen LogP contribution >= 0.6 is 22.6 Å².